The molecule has 1 aromatic heterocycles. The van der Waals surface area contributed by atoms with E-state index in [1.807, 2.05) is 19.9 Å². The number of nitro groups is 1. The van der Waals surface area contributed by atoms with Crippen LogP contribution in [0.15, 0.2) is 24.3 Å². The molecule has 0 spiro atoms. The molecule has 1 aliphatic rings. The number of halogens is 1. The lowest BCUT2D eigenvalue weighted by Crippen LogP contribution is -2.44. The van der Waals surface area contributed by atoms with Crippen molar-refractivity contribution in [3.63, 3.8) is 0 Å². The average Bonchev–Trinajstić information content (AvgIpc) is 2.60. The molecule has 0 saturated carbocycles. The van der Waals surface area contributed by atoms with Gasteiger partial charge in [0.15, 0.2) is 0 Å². The van der Waals surface area contributed by atoms with Crippen LogP contribution in [0.1, 0.15) is 34.6 Å². The van der Waals surface area contributed by atoms with Crippen LogP contribution < -0.4 is 4.74 Å². The number of carbonyl (C=O) groups is 1. The second-order valence-electron chi connectivity index (χ2n) is 6.49. The molecule has 8 nitrogen and oxygen atoms in total. The number of aromatic nitrogens is 2. The van der Waals surface area contributed by atoms with E-state index in [0.29, 0.717) is 13.1 Å². The van der Waals surface area contributed by atoms with Gasteiger partial charge in [-0.3, -0.25) is 14.9 Å². The molecule has 1 amide bonds. The van der Waals surface area contributed by atoms with Crippen LogP contribution >= 0.6 is 11.6 Å². The third-order valence-corrected chi connectivity index (χ3v) is 4.52. The third kappa shape index (κ3) is 4.51. The molecule has 3 rings (SSSR count). The SMILES string of the molecule is Cc1cc(C)nc(OC2CCCN(C(=O)c3cc(Cl)ccc3[N+](=O)[O-])C2)n1. The van der Waals surface area contributed by atoms with Gasteiger partial charge in [-0.1, -0.05) is 11.6 Å². The molecule has 0 bridgehead atoms. The number of nitro benzene ring substituents is 1. The predicted octanol–water partition coefficient (Wildman–Crippen LogP) is 3.34. The van der Waals surface area contributed by atoms with Crippen molar-refractivity contribution in [1.29, 1.82) is 0 Å². The van der Waals surface area contributed by atoms with E-state index in [-0.39, 0.29) is 28.4 Å². The maximum absolute atomic E-state index is 12.9. The Morgan fingerprint density at radius 1 is 1.30 bits per heavy atom. The van der Waals surface area contributed by atoms with Crippen LogP contribution in [0.5, 0.6) is 6.01 Å². The summed E-state index contributed by atoms with van der Waals surface area (Å²) in [5.74, 6) is -0.432. The van der Waals surface area contributed by atoms with Crippen molar-refractivity contribution in [1.82, 2.24) is 14.9 Å². The Bertz CT molecular complexity index is 869. The zero-order chi connectivity index (χ0) is 19.6. The smallest absolute Gasteiger partial charge is 0.317 e. The Hall–Kier alpha value is -2.74. The van der Waals surface area contributed by atoms with Crippen molar-refractivity contribution in [3.05, 3.63) is 56.4 Å². The highest BCUT2D eigenvalue weighted by Crippen LogP contribution is 2.26. The average molecular weight is 391 g/mol. The van der Waals surface area contributed by atoms with Crippen LogP contribution in [-0.4, -0.2) is 44.9 Å². The van der Waals surface area contributed by atoms with Gasteiger partial charge in [-0.05, 0) is 44.9 Å². The number of nitrogens with zero attached hydrogens (tertiary/aromatic N) is 4. The van der Waals surface area contributed by atoms with Crippen LogP contribution in [0.2, 0.25) is 5.02 Å². The van der Waals surface area contributed by atoms with E-state index in [1.54, 1.807) is 4.90 Å². The first-order chi connectivity index (χ1) is 12.8. The van der Waals surface area contributed by atoms with Gasteiger partial charge in [0.05, 0.1) is 11.5 Å². The Labute approximate surface area is 161 Å². The molecule has 2 heterocycles. The maximum atomic E-state index is 12.9. The Balaban J connectivity index is 1.77. The summed E-state index contributed by atoms with van der Waals surface area (Å²) in [6, 6.07) is 6.11. The molecule has 2 aromatic rings. The van der Waals surface area contributed by atoms with Crippen molar-refractivity contribution >= 4 is 23.2 Å². The number of carbonyl (C=O) groups excluding carboxylic acids is 1. The minimum absolute atomic E-state index is 0.0178. The van der Waals surface area contributed by atoms with Gasteiger partial charge < -0.3 is 9.64 Å². The Morgan fingerprint density at radius 3 is 2.67 bits per heavy atom. The summed E-state index contributed by atoms with van der Waals surface area (Å²) in [5.41, 5.74) is 1.33. The zero-order valence-electron chi connectivity index (χ0n) is 15.0. The van der Waals surface area contributed by atoms with Crippen LogP contribution in [0, 0.1) is 24.0 Å². The van der Waals surface area contributed by atoms with Crippen LogP contribution in [-0.2, 0) is 0 Å². The van der Waals surface area contributed by atoms with Crippen LogP contribution in [0.4, 0.5) is 5.69 Å². The number of aryl methyl sites for hydroxylation is 2. The fourth-order valence-electron chi connectivity index (χ4n) is 3.12. The summed E-state index contributed by atoms with van der Waals surface area (Å²) < 4.78 is 5.86. The van der Waals surface area contributed by atoms with Gasteiger partial charge in [-0.15, -0.1) is 0 Å². The number of amides is 1. The van der Waals surface area contributed by atoms with E-state index in [4.69, 9.17) is 16.3 Å². The van der Waals surface area contributed by atoms with E-state index in [0.717, 1.165) is 24.2 Å². The summed E-state index contributed by atoms with van der Waals surface area (Å²) >= 11 is 5.94. The first kappa shape index (κ1) is 19.0. The van der Waals surface area contributed by atoms with Crippen molar-refractivity contribution < 1.29 is 14.5 Å². The van der Waals surface area contributed by atoms with E-state index in [1.165, 1.54) is 18.2 Å². The second-order valence-corrected chi connectivity index (χ2v) is 6.92. The topological polar surface area (TPSA) is 98.5 Å². The molecule has 1 aromatic carbocycles. The number of hydrogen-bond acceptors (Lipinski definition) is 6. The van der Waals surface area contributed by atoms with Crippen molar-refractivity contribution in [2.75, 3.05) is 13.1 Å². The molecule has 9 heteroatoms. The standard InChI is InChI=1S/C18H19ClN4O4/c1-11-8-12(2)21-18(20-11)27-14-4-3-7-22(10-14)17(24)15-9-13(19)5-6-16(15)23(25)26/h5-6,8-9,14H,3-4,7,10H2,1-2H3. The first-order valence-corrected chi connectivity index (χ1v) is 8.93. The van der Waals surface area contributed by atoms with Gasteiger partial charge in [0.1, 0.15) is 11.7 Å². The van der Waals surface area contributed by atoms with Crippen molar-refractivity contribution in [2.45, 2.75) is 32.8 Å². The molecule has 1 saturated heterocycles. The van der Waals surface area contributed by atoms with Gasteiger partial charge in [0, 0.05) is 29.0 Å². The molecule has 1 unspecified atom stereocenters. The minimum atomic E-state index is -0.579. The highest BCUT2D eigenvalue weighted by molar-refractivity contribution is 6.31. The number of likely N-dealkylation sites (tertiary alicyclic amines) is 1. The summed E-state index contributed by atoms with van der Waals surface area (Å²) in [7, 11) is 0. The zero-order valence-corrected chi connectivity index (χ0v) is 15.8. The quantitative estimate of drug-likeness (QED) is 0.586. The summed E-state index contributed by atoms with van der Waals surface area (Å²) in [6.07, 6.45) is 1.19. The number of rotatable bonds is 4. The van der Waals surface area contributed by atoms with Crippen molar-refractivity contribution in [2.24, 2.45) is 0 Å². The van der Waals surface area contributed by atoms with Gasteiger partial charge in [0.2, 0.25) is 0 Å². The number of piperidine rings is 1. The highest BCUT2D eigenvalue weighted by atomic mass is 35.5. The fraction of sp³-hybridized carbons (Fsp3) is 0.389. The Kier molecular flexibility index (Phi) is 5.55. The highest BCUT2D eigenvalue weighted by Gasteiger charge is 2.30. The van der Waals surface area contributed by atoms with E-state index in [9.17, 15) is 14.9 Å². The monoisotopic (exact) mass is 390 g/mol. The molecule has 1 atom stereocenters. The minimum Gasteiger partial charge on any atom is -0.458 e. The van der Waals surface area contributed by atoms with E-state index < -0.39 is 10.8 Å². The van der Waals surface area contributed by atoms with Gasteiger partial charge in [0.25, 0.3) is 11.6 Å². The fourth-order valence-corrected chi connectivity index (χ4v) is 3.30. The second kappa shape index (κ2) is 7.87. The molecule has 1 fully saturated rings. The summed E-state index contributed by atoms with van der Waals surface area (Å²) in [4.78, 5) is 33.6. The first-order valence-electron chi connectivity index (χ1n) is 8.55. The maximum Gasteiger partial charge on any atom is 0.317 e. The third-order valence-electron chi connectivity index (χ3n) is 4.28. The molecule has 0 N–H and O–H groups in total. The van der Waals surface area contributed by atoms with Crippen LogP contribution in [0.3, 0.4) is 0 Å². The van der Waals surface area contributed by atoms with E-state index in [2.05, 4.69) is 9.97 Å². The number of ether oxygens (including phenoxy) is 1. The lowest BCUT2D eigenvalue weighted by molar-refractivity contribution is -0.385. The van der Waals surface area contributed by atoms with Gasteiger partial charge >= 0.3 is 6.01 Å². The largest absolute Gasteiger partial charge is 0.458 e. The molecule has 0 aliphatic carbocycles. The number of hydrogen-bond donors (Lipinski definition) is 0. The van der Waals surface area contributed by atoms with E-state index >= 15 is 0 Å². The normalized spacial score (nSPS) is 16.9. The molecular formula is C18H19ClN4O4. The molecular weight excluding hydrogens is 372 g/mol. The van der Waals surface area contributed by atoms with Gasteiger partial charge in [-0.25, -0.2) is 9.97 Å². The van der Waals surface area contributed by atoms with Gasteiger partial charge in [-0.2, -0.15) is 0 Å². The molecule has 27 heavy (non-hydrogen) atoms. The predicted molar refractivity (Wildman–Crippen MR) is 99.2 cm³/mol. The molecule has 0 radical (unpaired) electrons. The lowest BCUT2D eigenvalue weighted by Gasteiger charge is -2.32. The lowest BCUT2D eigenvalue weighted by atomic mass is 10.1. The number of benzene rings is 1. The molecule has 1 aliphatic heterocycles. The summed E-state index contributed by atoms with van der Waals surface area (Å²) in [5, 5.41) is 11.5. The van der Waals surface area contributed by atoms with Crippen LogP contribution in [0.25, 0.3) is 0 Å². The molecule has 142 valence electrons. The summed E-state index contributed by atoms with van der Waals surface area (Å²) in [6.45, 7) is 4.52. The Morgan fingerprint density at radius 2 is 2.00 bits per heavy atom. The van der Waals surface area contributed by atoms with Crippen molar-refractivity contribution in [3.8, 4) is 6.01 Å².